The van der Waals surface area contributed by atoms with E-state index < -0.39 is 0 Å². The van der Waals surface area contributed by atoms with Crippen molar-refractivity contribution >= 4 is 11.8 Å². The van der Waals surface area contributed by atoms with Crippen molar-refractivity contribution in [2.24, 2.45) is 0 Å². The van der Waals surface area contributed by atoms with Gasteiger partial charge in [0.25, 0.3) is 0 Å². The van der Waals surface area contributed by atoms with Crippen LogP contribution in [0, 0.1) is 0 Å². The molecule has 1 aromatic carbocycles. The summed E-state index contributed by atoms with van der Waals surface area (Å²) in [5.41, 5.74) is 2.58. The fraction of sp³-hybridized carbons (Fsp3) is 0.524. The number of rotatable bonds is 5. The molecule has 7 nitrogen and oxygen atoms in total. The lowest BCUT2D eigenvalue weighted by Crippen LogP contribution is -2.46. The van der Waals surface area contributed by atoms with Crippen molar-refractivity contribution in [1.29, 1.82) is 0 Å². The van der Waals surface area contributed by atoms with E-state index in [0.717, 1.165) is 75.5 Å². The van der Waals surface area contributed by atoms with Crippen LogP contribution in [0.25, 0.3) is 0 Å². The molecule has 3 heterocycles. The molecule has 28 heavy (non-hydrogen) atoms. The Morgan fingerprint density at radius 1 is 0.929 bits per heavy atom. The zero-order chi connectivity index (χ0) is 19.5. The predicted molar refractivity (Wildman–Crippen MR) is 111 cm³/mol. The van der Waals surface area contributed by atoms with E-state index in [2.05, 4.69) is 38.7 Å². The number of anilines is 2. The van der Waals surface area contributed by atoms with Crippen LogP contribution in [-0.4, -0.2) is 68.4 Å². The lowest BCUT2D eigenvalue weighted by Gasteiger charge is -2.35. The minimum Gasteiger partial charge on any atom is -0.493 e. The van der Waals surface area contributed by atoms with Gasteiger partial charge >= 0.3 is 0 Å². The summed E-state index contributed by atoms with van der Waals surface area (Å²) < 4.78 is 10.9. The van der Waals surface area contributed by atoms with Crippen LogP contribution in [-0.2, 0) is 13.0 Å². The van der Waals surface area contributed by atoms with Gasteiger partial charge in [-0.25, -0.2) is 4.98 Å². The molecule has 0 N–H and O–H groups in total. The number of methoxy groups -OCH3 is 2. The van der Waals surface area contributed by atoms with Crippen molar-refractivity contribution in [1.82, 2.24) is 14.9 Å². The number of hydrogen-bond acceptors (Lipinski definition) is 7. The van der Waals surface area contributed by atoms with Gasteiger partial charge < -0.3 is 24.2 Å². The minimum atomic E-state index is 0.778. The molecule has 1 aromatic heterocycles. The van der Waals surface area contributed by atoms with Crippen molar-refractivity contribution in [2.45, 2.75) is 19.9 Å². The van der Waals surface area contributed by atoms with Crippen LogP contribution in [0.15, 0.2) is 24.4 Å². The summed E-state index contributed by atoms with van der Waals surface area (Å²) in [7, 11) is 3.36. The Hall–Kier alpha value is -2.54. The average molecular weight is 383 g/mol. The van der Waals surface area contributed by atoms with E-state index >= 15 is 0 Å². The van der Waals surface area contributed by atoms with Crippen LogP contribution in [0.3, 0.4) is 0 Å². The van der Waals surface area contributed by atoms with Crippen molar-refractivity contribution < 1.29 is 9.47 Å². The highest BCUT2D eigenvalue weighted by Crippen LogP contribution is 2.34. The molecule has 0 radical (unpaired) electrons. The van der Waals surface area contributed by atoms with E-state index in [9.17, 15) is 0 Å². The summed E-state index contributed by atoms with van der Waals surface area (Å²) in [5, 5.41) is 0. The van der Waals surface area contributed by atoms with Gasteiger partial charge in [-0.05, 0) is 42.3 Å². The van der Waals surface area contributed by atoms with E-state index in [1.165, 1.54) is 11.1 Å². The highest BCUT2D eigenvalue weighted by Gasteiger charge is 2.22. The minimum absolute atomic E-state index is 0.778. The van der Waals surface area contributed by atoms with Gasteiger partial charge in [-0.3, -0.25) is 0 Å². The van der Waals surface area contributed by atoms with Crippen molar-refractivity contribution in [3.05, 3.63) is 35.5 Å². The molecule has 4 rings (SSSR count). The largest absolute Gasteiger partial charge is 0.493 e. The van der Waals surface area contributed by atoms with Gasteiger partial charge in [0.1, 0.15) is 5.82 Å². The molecular formula is C21H29N5O2. The van der Waals surface area contributed by atoms with Gasteiger partial charge in [0.15, 0.2) is 11.5 Å². The second-order valence-corrected chi connectivity index (χ2v) is 7.28. The molecule has 0 spiro atoms. The first-order valence-electron chi connectivity index (χ1n) is 10.0. The third kappa shape index (κ3) is 3.71. The maximum atomic E-state index is 5.48. The molecule has 0 saturated carbocycles. The highest BCUT2D eigenvalue weighted by atomic mass is 16.5. The Labute approximate surface area is 166 Å². The van der Waals surface area contributed by atoms with Gasteiger partial charge in [0.05, 0.1) is 14.2 Å². The van der Waals surface area contributed by atoms with Crippen molar-refractivity contribution in [2.75, 3.05) is 63.3 Å². The molecule has 150 valence electrons. The Morgan fingerprint density at radius 3 is 2.32 bits per heavy atom. The summed E-state index contributed by atoms with van der Waals surface area (Å²) in [6.07, 6.45) is 2.85. The highest BCUT2D eigenvalue weighted by molar-refractivity contribution is 5.52. The Bertz CT molecular complexity index is 820. The van der Waals surface area contributed by atoms with Crippen LogP contribution in [0.5, 0.6) is 11.5 Å². The number of fused-ring (bicyclic) bond motifs is 1. The van der Waals surface area contributed by atoms with Crippen LogP contribution >= 0.6 is 0 Å². The zero-order valence-corrected chi connectivity index (χ0v) is 17.0. The Kier molecular flexibility index (Phi) is 5.52. The molecule has 1 saturated heterocycles. The Morgan fingerprint density at radius 2 is 1.64 bits per heavy atom. The first-order valence-corrected chi connectivity index (χ1v) is 10.0. The molecule has 0 bridgehead atoms. The van der Waals surface area contributed by atoms with Crippen LogP contribution in [0.4, 0.5) is 11.8 Å². The van der Waals surface area contributed by atoms with Crippen LogP contribution in [0.2, 0.25) is 0 Å². The van der Waals surface area contributed by atoms with E-state index in [1.54, 1.807) is 14.2 Å². The van der Waals surface area contributed by atoms with Gasteiger partial charge in [0, 0.05) is 45.5 Å². The number of hydrogen-bond donors (Lipinski definition) is 0. The summed E-state index contributed by atoms with van der Waals surface area (Å²) in [5.74, 6) is 3.40. The number of nitrogens with zero attached hydrogens (tertiary/aromatic N) is 5. The molecular weight excluding hydrogens is 354 g/mol. The number of piperazine rings is 1. The average Bonchev–Trinajstić information content (AvgIpc) is 2.77. The second-order valence-electron chi connectivity index (χ2n) is 7.28. The third-order valence-corrected chi connectivity index (χ3v) is 5.77. The normalized spacial score (nSPS) is 17.4. The van der Waals surface area contributed by atoms with Gasteiger partial charge in [-0.15, -0.1) is 0 Å². The number of aromatic nitrogens is 2. The van der Waals surface area contributed by atoms with Crippen LogP contribution in [0.1, 0.15) is 18.1 Å². The monoisotopic (exact) mass is 383 g/mol. The molecule has 1 fully saturated rings. The molecule has 0 aliphatic carbocycles. The lowest BCUT2D eigenvalue weighted by atomic mass is 9.99. The maximum absolute atomic E-state index is 5.48. The molecule has 0 amide bonds. The van der Waals surface area contributed by atoms with Gasteiger partial charge in [-0.2, -0.15) is 4.98 Å². The second kappa shape index (κ2) is 8.22. The van der Waals surface area contributed by atoms with Gasteiger partial charge in [-0.1, -0.05) is 6.92 Å². The molecule has 2 aromatic rings. The molecule has 2 aliphatic rings. The summed E-state index contributed by atoms with van der Waals surface area (Å²) in [6.45, 7) is 9.18. The lowest BCUT2D eigenvalue weighted by molar-refractivity contribution is 0.270. The van der Waals surface area contributed by atoms with E-state index in [-0.39, 0.29) is 0 Å². The first-order chi connectivity index (χ1) is 13.7. The topological polar surface area (TPSA) is 54.0 Å². The fourth-order valence-electron chi connectivity index (χ4n) is 4.01. The Balaban J connectivity index is 1.51. The standard InChI is InChI=1S/C21H29N5O2/c1-4-24-9-11-25(12-10-24)21-22-7-5-20(23-21)26-8-6-16-13-18(27-2)19(28-3)14-17(16)15-26/h5,7,13-14H,4,6,8-12,15H2,1-3H3. The summed E-state index contributed by atoms with van der Waals surface area (Å²) in [4.78, 5) is 16.5. The quantitative estimate of drug-likeness (QED) is 0.784. The zero-order valence-electron chi connectivity index (χ0n) is 17.0. The summed E-state index contributed by atoms with van der Waals surface area (Å²) >= 11 is 0. The molecule has 2 aliphatic heterocycles. The molecule has 7 heteroatoms. The van der Waals surface area contributed by atoms with Gasteiger partial charge in [0.2, 0.25) is 5.95 Å². The summed E-state index contributed by atoms with van der Waals surface area (Å²) in [6, 6.07) is 6.20. The van der Waals surface area contributed by atoms with Crippen molar-refractivity contribution in [3.8, 4) is 11.5 Å². The maximum Gasteiger partial charge on any atom is 0.227 e. The SMILES string of the molecule is CCN1CCN(c2nccc(N3CCc4cc(OC)c(OC)cc4C3)n2)CC1. The van der Waals surface area contributed by atoms with Crippen molar-refractivity contribution in [3.63, 3.8) is 0 Å². The number of benzene rings is 1. The smallest absolute Gasteiger partial charge is 0.227 e. The van der Waals surface area contributed by atoms with E-state index in [0.29, 0.717) is 0 Å². The molecule has 0 atom stereocenters. The van der Waals surface area contributed by atoms with E-state index in [1.807, 2.05) is 12.3 Å². The number of ether oxygens (including phenoxy) is 2. The molecule has 0 unspecified atom stereocenters. The predicted octanol–water partition coefficient (Wildman–Crippen LogP) is 2.20. The fourth-order valence-corrected chi connectivity index (χ4v) is 4.01. The van der Waals surface area contributed by atoms with Crippen LogP contribution < -0.4 is 19.3 Å². The third-order valence-electron chi connectivity index (χ3n) is 5.77. The first kappa shape index (κ1) is 18.8. The number of likely N-dealkylation sites (N-methyl/N-ethyl adjacent to an activating group) is 1. The van der Waals surface area contributed by atoms with E-state index in [4.69, 9.17) is 14.5 Å².